The van der Waals surface area contributed by atoms with E-state index in [-0.39, 0.29) is 18.1 Å². The molecule has 0 aromatic rings. The molecule has 6 nitrogen and oxygen atoms in total. The zero-order chi connectivity index (χ0) is 9.07. The second-order valence-corrected chi connectivity index (χ2v) is 2.15. The van der Waals surface area contributed by atoms with Crippen LogP contribution < -0.4 is 11.5 Å². The first-order valence-electron chi connectivity index (χ1n) is 3.09. The second-order valence-electron chi connectivity index (χ2n) is 2.15. The Morgan fingerprint density at radius 2 is 1.73 bits per heavy atom. The highest BCUT2D eigenvalue weighted by Crippen LogP contribution is 2.14. The van der Waals surface area contributed by atoms with E-state index >= 15 is 0 Å². The third-order valence-corrected chi connectivity index (χ3v) is 1.59. The summed E-state index contributed by atoms with van der Waals surface area (Å²) in [7, 11) is 0. The first-order chi connectivity index (χ1) is 5.01. The molecule has 0 aliphatic carbocycles. The van der Waals surface area contributed by atoms with Crippen LogP contribution in [0.4, 0.5) is 0 Å². The van der Waals surface area contributed by atoms with E-state index in [2.05, 4.69) is 5.11 Å². The van der Waals surface area contributed by atoms with Crippen molar-refractivity contribution < 1.29 is 0 Å². The first kappa shape index (κ1) is 9.54. The van der Waals surface area contributed by atoms with Crippen molar-refractivity contribution in [3.63, 3.8) is 0 Å². The number of hydrogen-bond donors (Lipinski definition) is 5. The standard InChI is InChI=1S/C5H12N6/c1-2-5(11-10,3(6)7)4(8)9/h10H,2H2,1H3,(H3,6,7)(H3,8,9). The number of nitrogens with one attached hydrogen (secondary N) is 3. The van der Waals surface area contributed by atoms with Crippen molar-refractivity contribution >= 4 is 11.7 Å². The minimum atomic E-state index is -1.40. The Hall–Kier alpha value is -1.46. The van der Waals surface area contributed by atoms with Crippen LogP contribution in [0, 0.1) is 16.3 Å². The molecule has 0 rings (SSSR count). The summed E-state index contributed by atoms with van der Waals surface area (Å²) in [5, 5.41) is 17.2. The van der Waals surface area contributed by atoms with E-state index in [9.17, 15) is 0 Å². The summed E-state index contributed by atoms with van der Waals surface area (Å²) in [4.78, 5) is 0. The average Bonchev–Trinajstić information content (AvgIpc) is 1.90. The highest BCUT2D eigenvalue weighted by Gasteiger charge is 2.35. The fourth-order valence-electron chi connectivity index (χ4n) is 0.725. The van der Waals surface area contributed by atoms with Gasteiger partial charge in [-0.25, -0.2) is 5.53 Å². The Morgan fingerprint density at radius 3 is 1.73 bits per heavy atom. The summed E-state index contributed by atoms with van der Waals surface area (Å²) in [6, 6.07) is 0. The van der Waals surface area contributed by atoms with Crippen LogP contribution in [-0.4, -0.2) is 17.2 Å². The van der Waals surface area contributed by atoms with Crippen LogP contribution in [0.3, 0.4) is 0 Å². The molecule has 0 unspecified atom stereocenters. The summed E-state index contributed by atoms with van der Waals surface area (Å²) in [6.45, 7) is 1.67. The molecule has 0 aliphatic heterocycles. The van der Waals surface area contributed by atoms with E-state index in [1.54, 1.807) is 6.92 Å². The van der Waals surface area contributed by atoms with Gasteiger partial charge >= 0.3 is 0 Å². The minimum absolute atomic E-state index is 0.265. The van der Waals surface area contributed by atoms with Gasteiger partial charge in [-0.2, -0.15) is 5.11 Å². The number of nitrogens with zero attached hydrogens (tertiary/aromatic N) is 1. The van der Waals surface area contributed by atoms with Crippen molar-refractivity contribution in [2.24, 2.45) is 16.6 Å². The first-order valence-corrected chi connectivity index (χ1v) is 3.09. The van der Waals surface area contributed by atoms with Gasteiger partial charge in [0.05, 0.1) is 0 Å². The molecule has 62 valence electrons. The van der Waals surface area contributed by atoms with Gasteiger partial charge in [0.15, 0.2) is 5.54 Å². The topological polar surface area (TPSA) is 136 Å². The molecular weight excluding hydrogens is 144 g/mol. The van der Waals surface area contributed by atoms with Crippen LogP contribution in [0.15, 0.2) is 5.11 Å². The molecule has 0 radical (unpaired) electrons. The Bertz CT molecular complexity index is 181. The number of rotatable bonds is 4. The Balaban J connectivity index is 4.91. The maximum Gasteiger partial charge on any atom is 0.193 e. The smallest absolute Gasteiger partial charge is 0.193 e. The summed E-state index contributed by atoms with van der Waals surface area (Å²) in [5.74, 6) is -0.718. The minimum Gasteiger partial charge on any atom is -0.385 e. The quantitative estimate of drug-likeness (QED) is 0.223. The molecule has 0 saturated carbocycles. The Morgan fingerprint density at radius 1 is 1.36 bits per heavy atom. The molecular formula is C5H12N6. The van der Waals surface area contributed by atoms with Gasteiger partial charge in [0.1, 0.15) is 11.7 Å². The number of amidine groups is 2. The second kappa shape index (κ2) is 3.09. The van der Waals surface area contributed by atoms with Crippen LogP contribution in [0.2, 0.25) is 0 Å². The average molecular weight is 156 g/mol. The van der Waals surface area contributed by atoms with Crippen molar-refractivity contribution in [2.75, 3.05) is 0 Å². The molecule has 0 spiro atoms. The number of nitrogens with two attached hydrogens (primary N) is 2. The van der Waals surface area contributed by atoms with Gasteiger partial charge in [0.2, 0.25) is 0 Å². The van der Waals surface area contributed by atoms with Gasteiger partial charge in [-0.1, -0.05) is 6.92 Å². The van der Waals surface area contributed by atoms with Gasteiger partial charge in [0.25, 0.3) is 0 Å². The Kier molecular flexibility index (Phi) is 2.68. The molecule has 7 N–H and O–H groups in total. The zero-order valence-electron chi connectivity index (χ0n) is 6.31. The van der Waals surface area contributed by atoms with Gasteiger partial charge in [0, 0.05) is 0 Å². The lowest BCUT2D eigenvalue weighted by atomic mass is 9.95. The van der Waals surface area contributed by atoms with Crippen LogP contribution in [0.25, 0.3) is 0 Å². The lowest BCUT2D eigenvalue weighted by Crippen LogP contribution is -2.51. The molecule has 0 aliphatic rings. The van der Waals surface area contributed by atoms with Crippen LogP contribution >= 0.6 is 0 Å². The highest BCUT2D eigenvalue weighted by molar-refractivity contribution is 6.10. The molecule has 0 atom stereocenters. The SMILES string of the molecule is CCC(N=N)(C(=N)N)C(=N)N. The molecule has 0 fully saturated rings. The lowest BCUT2D eigenvalue weighted by Gasteiger charge is -2.22. The fraction of sp³-hybridized carbons (Fsp3) is 0.600. The van der Waals surface area contributed by atoms with Crippen molar-refractivity contribution in [1.29, 1.82) is 16.3 Å². The van der Waals surface area contributed by atoms with Gasteiger partial charge < -0.3 is 11.5 Å². The maximum atomic E-state index is 7.07. The molecule has 0 heterocycles. The zero-order valence-corrected chi connectivity index (χ0v) is 6.31. The predicted octanol–water partition coefficient (Wildman–Crippen LogP) is 0.0381. The van der Waals surface area contributed by atoms with E-state index in [0.29, 0.717) is 0 Å². The van der Waals surface area contributed by atoms with E-state index < -0.39 is 5.54 Å². The van der Waals surface area contributed by atoms with E-state index in [4.69, 9.17) is 27.8 Å². The summed E-state index contributed by atoms with van der Waals surface area (Å²) in [6.07, 6.45) is 0.265. The monoisotopic (exact) mass is 156 g/mol. The molecule has 6 heteroatoms. The van der Waals surface area contributed by atoms with E-state index in [1.807, 2.05) is 0 Å². The highest BCUT2D eigenvalue weighted by atomic mass is 15.1. The van der Waals surface area contributed by atoms with Gasteiger partial charge in [-0.3, -0.25) is 10.8 Å². The summed E-state index contributed by atoms with van der Waals surface area (Å²) >= 11 is 0. The Labute approximate surface area is 64.5 Å². The van der Waals surface area contributed by atoms with Crippen LogP contribution in [0.1, 0.15) is 13.3 Å². The van der Waals surface area contributed by atoms with Gasteiger partial charge in [-0.05, 0) is 6.42 Å². The van der Waals surface area contributed by atoms with Crippen molar-refractivity contribution in [3.8, 4) is 0 Å². The third-order valence-electron chi connectivity index (χ3n) is 1.59. The summed E-state index contributed by atoms with van der Waals surface area (Å²) < 4.78 is 0. The van der Waals surface area contributed by atoms with Gasteiger partial charge in [-0.15, -0.1) is 0 Å². The predicted molar refractivity (Wildman–Crippen MR) is 42.0 cm³/mol. The largest absolute Gasteiger partial charge is 0.385 e. The molecule has 0 aromatic heterocycles. The summed E-state index contributed by atoms with van der Waals surface area (Å²) in [5.41, 5.74) is 15.6. The van der Waals surface area contributed by atoms with Crippen LogP contribution in [-0.2, 0) is 0 Å². The van der Waals surface area contributed by atoms with Crippen molar-refractivity contribution in [2.45, 2.75) is 18.9 Å². The number of hydrogen-bond acceptors (Lipinski definition) is 4. The molecule has 0 saturated heterocycles. The van der Waals surface area contributed by atoms with E-state index in [1.165, 1.54) is 0 Å². The molecule has 0 aromatic carbocycles. The fourth-order valence-corrected chi connectivity index (χ4v) is 0.725. The molecule has 0 amide bonds. The van der Waals surface area contributed by atoms with Crippen molar-refractivity contribution in [1.82, 2.24) is 0 Å². The normalized spacial score (nSPS) is 15.0. The van der Waals surface area contributed by atoms with E-state index in [0.717, 1.165) is 0 Å². The third kappa shape index (κ3) is 1.34. The molecule has 0 bridgehead atoms. The lowest BCUT2D eigenvalue weighted by molar-refractivity contribution is 0.636. The van der Waals surface area contributed by atoms with Crippen LogP contribution in [0.5, 0.6) is 0 Å². The molecule has 11 heavy (non-hydrogen) atoms. The maximum absolute atomic E-state index is 7.07. The van der Waals surface area contributed by atoms with Crippen molar-refractivity contribution in [3.05, 3.63) is 0 Å².